The maximum absolute atomic E-state index is 13.0. The summed E-state index contributed by atoms with van der Waals surface area (Å²) < 4.78 is 41.9. The lowest BCUT2D eigenvalue weighted by molar-refractivity contribution is -0.148. The Morgan fingerprint density at radius 2 is 2.06 bits per heavy atom. The maximum Gasteiger partial charge on any atom is 0.476 e. The number of aromatic amines is 1. The number of carbonyl (C=O) groups excluding carboxylic acids is 1. The van der Waals surface area contributed by atoms with E-state index in [9.17, 15) is 18.9 Å². The van der Waals surface area contributed by atoms with Crippen molar-refractivity contribution in [3.63, 3.8) is 0 Å². The molecule has 3 aliphatic rings. The molecule has 7 atom stereocenters. The lowest BCUT2D eigenvalue weighted by Gasteiger charge is -2.33. The fraction of sp³-hybridized carbons (Fsp3) is 0.737. The average molecular weight is 473 g/mol. The molecule has 1 spiro atoms. The van der Waals surface area contributed by atoms with Crippen LogP contribution in [0.3, 0.4) is 0 Å². The molecule has 4 rings (SSSR count). The predicted molar refractivity (Wildman–Crippen MR) is 110 cm³/mol. The first-order chi connectivity index (χ1) is 14.9. The van der Waals surface area contributed by atoms with Gasteiger partial charge in [0.05, 0.1) is 18.2 Å². The number of carbonyl (C=O) groups is 1. The van der Waals surface area contributed by atoms with Gasteiger partial charge in [-0.25, -0.2) is 9.36 Å². The third-order valence-electron chi connectivity index (χ3n) is 5.99. The molecule has 2 unspecified atom stereocenters. The standard InChI is InChI=1S/C19H28N3O9P/c1-10(2)28-13(24)9-11(3)6-8-27-32(26)30-15-14-19(15,31-32)18(4,20)16(29-14)22-7-5-12(23)21-17(22)25/h5,7,10-11,14-16H,6,8-9,20H2,1-4H3,(H,21,23,25)/t11?,14-,15?,16-,18+,19+,32-/m1/s1. The zero-order chi connectivity index (χ0) is 23.5. The molecule has 0 bridgehead atoms. The molecular weight excluding hydrogens is 445 g/mol. The van der Waals surface area contributed by atoms with Crippen molar-refractivity contribution in [2.75, 3.05) is 6.61 Å². The molecular formula is C19H28N3O9P. The molecule has 13 heteroatoms. The van der Waals surface area contributed by atoms with Gasteiger partial charge in [0, 0.05) is 18.7 Å². The molecule has 178 valence electrons. The van der Waals surface area contributed by atoms with E-state index in [4.69, 9.17) is 28.8 Å². The Morgan fingerprint density at radius 3 is 2.72 bits per heavy atom. The van der Waals surface area contributed by atoms with Crippen LogP contribution in [0, 0.1) is 5.92 Å². The molecule has 3 N–H and O–H groups in total. The van der Waals surface area contributed by atoms with E-state index in [-0.39, 0.29) is 31.0 Å². The van der Waals surface area contributed by atoms with Gasteiger partial charge < -0.3 is 15.2 Å². The van der Waals surface area contributed by atoms with E-state index < -0.39 is 48.6 Å². The minimum atomic E-state index is -3.91. The van der Waals surface area contributed by atoms with Crippen molar-refractivity contribution >= 4 is 13.8 Å². The summed E-state index contributed by atoms with van der Waals surface area (Å²) in [5.41, 5.74) is 2.74. The lowest BCUT2D eigenvalue weighted by Crippen LogP contribution is -2.57. The van der Waals surface area contributed by atoms with Crippen LogP contribution in [0.5, 0.6) is 0 Å². The van der Waals surface area contributed by atoms with Crippen LogP contribution in [-0.4, -0.2) is 51.6 Å². The topological polar surface area (TPSA) is 161 Å². The molecule has 0 aromatic carbocycles. The van der Waals surface area contributed by atoms with Crippen LogP contribution >= 0.6 is 7.82 Å². The second-order valence-electron chi connectivity index (χ2n) is 9.04. The third-order valence-corrected chi connectivity index (χ3v) is 7.50. The monoisotopic (exact) mass is 473 g/mol. The fourth-order valence-corrected chi connectivity index (χ4v) is 6.14. The Morgan fingerprint density at radius 1 is 1.34 bits per heavy atom. The summed E-state index contributed by atoms with van der Waals surface area (Å²) in [4.78, 5) is 37.4. The van der Waals surface area contributed by atoms with Gasteiger partial charge >= 0.3 is 19.5 Å². The van der Waals surface area contributed by atoms with E-state index in [1.165, 1.54) is 12.3 Å². The minimum Gasteiger partial charge on any atom is -0.463 e. The van der Waals surface area contributed by atoms with Gasteiger partial charge in [0.15, 0.2) is 11.8 Å². The molecule has 3 heterocycles. The van der Waals surface area contributed by atoms with Gasteiger partial charge in [0.2, 0.25) is 0 Å². The van der Waals surface area contributed by atoms with E-state index in [1.54, 1.807) is 20.8 Å². The quantitative estimate of drug-likeness (QED) is 0.408. The Labute approximate surface area is 183 Å². The second-order valence-corrected chi connectivity index (χ2v) is 10.6. The number of esters is 1. The van der Waals surface area contributed by atoms with Crippen LogP contribution in [0.15, 0.2) is 21.9 Å². The first kappa shape index (κ1) is 23.3. The highest BCUT2D eigenvalue weighted by atomic mass is 31.2. The normalized spacial score (nSPS) is 38.4. The van der Waals surface area contributed by atoms with Crippen LogP contribution in [0.25, 0.3) is 0 Å². The summed E-state index contributed by atoms with van der Waals surface area (Å²) in [6, 6.07) is 1.18. The minimum absolute atomic E-state index is 0.0474. The lowest BCUT2D eigenvalue weighted by atomic mass is 9.92. The number of rotatable bonds is 8. The Balaban J connectivity index is 1.37. The van der Waals surface area contributed by atoms with E-state index in [0.717, 1.165) is 4.57 Å². The molecule has 1 saturated carbocycles. The van der Waals surface area contributed by atoms with Crippen molar-refractivity contribution in [2.45, 2.75) is 76.2 Å². The molecule has 12 nitrogen and oxygen atoms in total. The summed E-state index contributed by atoms with van der Waals surface area (Å²) in [6.45, 7) is 7.07. The smallest absolute Gasteiger partial charge is 0.463 e. The highest BCUT2D eigenvalue weighted by Gasteiger charge is 2.89. The van der Waals surface area contributed by atoms with Gasteiger partial charge in [-0.05, 0) is 33.1 Å². The zero-order valence-electron chi connectivity index (χ0n) is 18.3. The van der Waals surface area contributed by atoms with Crippen LogP contribution in [0.1, 0.15) is 46.8 Å². The van der Waals surface area contributed by atoms with E-state index in [2.05, 4.69) is 4.98 Å². The van der Waals surface area contributed by atoms with Gasteiger partial charge in [-0.2, -0.15) is 0 Å². The summed E-state index contributed by atoms with van der Waals surface area (Å²) in [5.74, 6) is -0.358. The summed E-state index contributed by atoms with van der Waals surface area (Å²) in [6.07, 6.45) is -0.534. The number of ether oxygens (including phenoxy) is 2. The number of aromatic nitrogens is 2. The number of hydrogen-bond acceptors (Lipinski definition) is 10. The largest absolute Gasteiger partial charge is 0.476 e. The number of nitrogens with two attached hydrogens (primary N) is 1. The van der Waals surface area contributed by atoms with E-state index >= 15 is 0 Å². The fourth-order valence-electron chi connectivity index (χ4n) is 4.33. The molecule has 1 aromatic rings. The SMILES string of the molecule is CC(CCO[P@]1(=O)OC2[C@H]3O[C@@H](n4ccc(=O)[nH]c4=O)[C@](C)(N)[C@@]23O1)CC(=O)OC(C)C. The van der Waals surface area contributed by atoms with Crippen molar-refractivity contribution in [1.29, 1.82) is 0 Å². The number of phosphoric acid groups is 1. The van der Waals surface area contributed by atoms with Crippen molar-refractivity contribution in [3.8, 4) is 0 Å². The van der Waals surface area contributed by atoms with Crippen LogP contribution < -0.4 is 17.0 Å². The number of H-pyrrole nitrogens is 1. The van der Waals surface area contributed by atoms with Gasteiger partial charge in [-0.3, -0.25) is 32.7 Å². The van der Waals surface area contributed by atoms with Crippen molar-refractivity contribution < 1.29 is 32.4 Å². The molecule has 1 aliphatic carbocycles. The molecule has 0 radical (unpaired) electrons. The highest BCUT2D eigenvalue weighted by molar-refractivity contribution is 7.48. The Kier molecular flexibility index (Phi) is 5.76. The summed E-state index contributed by atoms with van der Waals surface area (Å²) in [5, 5.41) is 0. The Hall–Kier alpha value is -1.82. The molecule has 0 amide bonds. The molecule has 3 fully saturated rings. The van der Waals surface area contributed by atoms with Gasteiger partial charge in [0.1, 0.15) is 12.2 Å². The first-order valence-electron chi connectivity index (χ1n) is 10.5. The van der Waals surface area contributed by atoms with Crippen LogP contribution in [-0.2, 0) is 32.4 Å². The maximum atomic E-state index is 13.0. The predicted octanol–water partition coefficient (Wildman–Crippen LogP) is 0.812. The molecule has 32 heavy (non-hydrogen) atoms. The third kappa shape index (κ3) is 3.78. The van der Waals surface area contributed by atoms with Gasteiger partial charge in [0.25, 0.3) is 5.56 Å². The second kappa shape index (κ2) is 7.89. The van der Waals surface area contributed by atoms with Gasteiger partial charge in [-0.1, -0.05) is 6.92 Å². The van der Waals surface area contributed by atoms with Crippen molar-refractivity contribution in [2.24, 2.45) is 11.7 Å². The summed E-state index contributed by atoms with van der Waals surface area (Å²) in [7, 11) is -3.91. The molecule has 2 aliphatic heterocycles. The van der Waals surface area contributed by atoms with Crippen molar-refractivity contribution in [1.82, 2.24) is 9.55 Å². The molecule has 1 aromatic heterocycles. The van der Waals surface area contributed by atoms with E-state index in [0.29, 0.717) is 6.42 Å². The number of phosphoric ester groups is 1. The first-order valence-corrected chi connectivity index (χ1v) is 11.9. The number of fused-ring (bicyclic) bond motifs is 1. The average Bonchev–Trinajstić information content (AvgIpc) is 2.97. The Bertz CT molecular complexity index is 1070. The van der Waals surface area contributed by atoms with Crippen LogP contribution in [0.4, 0.5) is 0 Å². The molecule has 2 saturated heterocycles. The number of hydrogen-bond donors (Lipinski definition) is 2. The van der Waals surface area contributed by atoms with Crippen molar-refractivity contribution in [3.05, 3.63) is 33.1 Å². The zero-order valence-corrected chi connectivity index (χ0v) is 19.2. The highest BCUT2D eigenvalue weighted by Crippen LogP contribution is 2.77. The summed E-state index contributed by atoms with van der Waals surface area (Å²) >= 11 is 0. The van der Waals surface area contributed by atoms with Gasteiger partial charge in [-0.15, -0.1) is 0 Å². The van der Waals surface area contributed by atoms with Crippen LogP contribution in [0.2, 0.25) is 0 Å². The number of nitrogens with one attached hydrogen (secondary N) is 1. The van der Waals surface area contributed by atoms with E-state index in [1.807, 2.05) is 6.92 Å². The number of nitrogens with zero attached hydrogens (tertiary/aromatic N) is 1.